The Morgan fingerprint density at radius 3 is 2.44 bits per heavy atom. The molecule has 0 heterocycles. The maximum Gasteiger partial charge on any atom is 0.328 e. The highest BCUT2D eigenvalue weighted by molar-refractivity contribution is 7.98. The van der Waals surface area contributed by atoms with E-state index in [9.17, 15) is 4.79 Å². The van der Waals surface area contributed by atoms with Gasteiger partial charge in [-0.3, -0.25) is 0 Å². The van der Waals surface area contributed by atoms with Gasteiger partial charge in [-0.2, -0.15) is 11.8 Å². The van der Waals surface area contributed by atoms with Crippen LogP contribution in [0, 0.1) is 0 Å². The molecule has 1 aromatic rings. The van der Waals surface area contributed by atoms with Crippen LogP contribution in [0.4, 0.5) is 0 Å². The van der Waals surface area contributed by atoms with Gasteiger partial charge in [0, 0.05) is 18.4 Å². The third-order valence-corrected chi connectivity index (χ3v) is 2.18. The van der Waals surface area contributed by atoms with E-state index >= 15 is 0 Å². The summed E-state index contributed by atoms with van der Waals surface area (Å²) in [4.78, 5) is 10.1. The predicted octanol–water partition coefficient (Wildman–Crippen LogP) is 2.09. The molecular formula is C12H17NO2S. The Balaban J connectivity index is 0.000000385. The van der Waals surface area contributed by atoms with Gasteiger partial charge in [-0.25, -0.2) is 4.79 Å². The second-order valence-corrected chi connectivity index (χ2v) is 3.85. The molecule has 1 rings (SSSR count). The second-order valence-electron chi connectivity index (χ2n) is 2.86. The van der Waals surface area contributed by atoms with E-state index in [4.69, 9.17) is 10.8 Å². The van der Waals surface area contributed by atoms with Crippen LogP contribution in [0.5, 0.6) is 0 Å². The molecule has 0 aliphatic carbocycles. The third-order valence-electron chi connectivity index (χ3n) is 1.54. The van der Waals surface area contributed by atoms with Gasteiger partial charge in [0.25, 0.3) is 0 Å². The van der Waals surface area contributed by atoms with Crippen molar-refractivity contribution in [3.63, 3.8) is 0 Å². The molecule has 3 nitrogen and oxygen atoms in total. The number of hydrogen-bond acceptors (Lipinski definition) is 3. The van der Waals surface area contributed by atoms with Crippen LogP contribution in [0.15, 0.2) is 36.4 Å². The van der Waals surface area contributed by atoms with Gasteiger partial charge in [0.2, 0.25) is 0 Å². The van der Waals surface area contributed by atoms with Crippen LogP contribution >= 0.6 is 11.8 Å². The van der Waals surface area contributed by atoms with Crippen molar-refractivity contribution in [1.82, 2.24) is 0 Å². The first kappa shape index (κ1) is 14.7. The summed E-state index contributed by atoms with van der Waals surface area (Å²) in [5.41, 5.74) is 6.02. The van der Waals surface area contributed by atoms with Crippen molar-refractivity contribution in [2.24, 2.45) is 5.73 Å². The molecule has 0 aromatic heterocycles. The number of carbonyl (C=O) groups is 1. The molecule has 0 aliphatic rings. The van der Waals surface area contributed by atoms with Crippen LogP contribution in [0.3, 0.4) is 0 Å². The summed E-state index contributed by atoms with van der Waals surface area (Å²) in [5.74, 6) is 0.161. The normalized spacial score (nSPS) is 9.62. The van der Waals surface area contributed by atoms with Crippen molar-refractivity contribution >= 4 is 23.8 Å². The molecule has 0 aliphatic heterocycles. The average Bonchev–Trinajstić information content (AvgIpc) is 2.30. The molecule has 0 saturated carbocycles. The molecule has 4 heteroatoms. The van der Waals surface area contributed by atoms with Crippen LogP contribution in [-0.2, 0) is 4.79 Å². The van der Waals surface area contributed by atoms with E-state index in [-0.39, 0.29) is 0 Å². The van der Waals surface area contributed by atoms with Gasteiger partial charge in [0.05, 0.1) is 0 Å². The fourth-order valence-corrected chi connectivity index (χ4v) is 1.09. The summed E-state index contributed by atoms with van der Waals surface area (Å²) in [7, 11) is 0. The zero-order chi connectivity index (χ0) is 12.2. The van der Waals surface area contributed by atoms with E-state index in [1.165, 1.54) is 0 Å². The largest absolute Gasteiger partial charge is 0.478 e. The Morgan fingerprint density at radius 2 is 2.06 bits per heavy atom. The standard InChI is InChI=1S/C9H8O2.C3H9NS/c10-9(11)7-6-8-4-2-1-3-5-8;1-5-3-2-4/h1-7H,(H,10,11);2-4H2,1H3. The van der Waals surface area contributed by atoms with Crippen LogP contribution in [0.1, 0.15) is 5.56 Å². The monoisotopic (exact) mass is 239 g/mol. The molecule has 16 heavy (non-hydrogen) atoms. The molecule has 0 unspecified atom stereocenters. The summed E-state index contributed by atoms with van der Waals surface area (Å²) in [5, 5.41) is 8.29. The fraction of sp³-hybridized carbons (Fsp3) is 0.250. The summed E-state index contributed by atoms with van der Waals surface area (Å²) >= 11 is 1.78. The molecular weight excluding hydrogens is 222 g/mol. The minimum absolute atomic E-state index is 0.807. The maximum absolute atomic E-state index is 10.1. The van der Waals surface area contributed by atoms with Crippen LogP contribution in [0.2, 0.25) is 0 Å². The lowest BCUT2D eigenvalue weighted by atomic mass is 10.2. The van der Waals surface area contributed by atoms with Gasteiger partial charge in [0.15, 0.2) is 0 Å². The Kier molecular flexibility index (Phi) is 9.46. The summed E-state index contributed by atoms with van der Waals surface area (Å²) in [6.45, 7) is 0.807. The van der Waals surface area contributed by atoms with Crippen LogP contribution < -0.4 is 5.73 Å². The highest BCUT2D eigenvalue weighted by Crippen LogP contribution is 1.99. The number of aliphatic carboxylic acids is 1. The number of benzene rings is 1. The summed E-state index contributed by atoms with van der Waals surface area (Å²) in [6, 6.07) is 9.31. The van der Waals surface area contributed by atoms with E-state index in [0.717, 1.165) is 23.9 Å². The molecule has 3 N–H and O–H groups in total. The Morgan fingerprint density at radius 1 is 1.44 bits per heavy atom. The highest BCUT2D eigenvalue weighted by atomic mass is 32.2. The first-order valence-corrected chi connectivity index (χ1v) is 6.25. The predicted molar refractivity (Wildman–Crippen MR) is 70.5 cm³/mol. The lowest BCUT2D eigenvalue weighted by Crippen LogP contribution is -1.99. The zero-order valence-electron chi connectivity index (χ0n) is 9.30. The van der Waals surface area contributed by atoms with Gasteiger partial charge in [-0.05, 0) is 17.9 Å². The quantitative estimate of drug-likeness (QED) is 0.790. The first-order valence-electron chi connectivity index (χ1n) is 4.85. The van der Waals surface area contributed by atoms with E-state index < -0.39 is 5.97 Å². The summed E-state index contributed by atoms with van der Waals surface area (Å²) in [6.07, 6.45) is 4.73. The molecule has 0 amide bonds. The molecule has 0 atom stereocenters. The number of carboxylic acid groups (broad SMARTS) is 1. The van der Waals surface area contributed by atoms with E-state index in [1.54, 1.807) is 17.8 Å². The van der Waals surface area contributed by atoms with Gasteiger partial charge < -0.3 is 10.8 Å². The van der Waals surface area contributed by atoms with Crippen molar-refractivity contribution in [3.05, 3.63) is 42.0 Å². The Bertz CT molecular complexity index is 310. The third kappa shape index (κ3) is 9.30. The molecule has 0 radical (unpaired) electrons. The molecule has 88 valence electrons. The van der Waals surface area contributed by atoms with Gasteiger partial charge in [-0.1, -0.05) is 30.3 Å². The molecule has 0 spiro atoms. The first-order chi connectivity index (χ1) is 7.70. The molecule has 0 fully saturated rings. The number of rotatable bonds is 4. The van der Waals surface area contributed by atoms with Crippen molar-refractivity contribution in [1.29, 1.82) is 0 Å². The van der Waals surface area contributed by atoms with Crippen LogP contribution in [-0.4, -0.2) is 29.6 Å². The Labute approximate surface area is 100 Å². The SMILES string of the molecule is CSCCN.O=C(O)C=Cc1ccccc1. The van der Waals surface area contributed by atoms with E-state index in [2.05, 4.69) is 0 Å². The molecule has 1 aromatic carbocycles. The topological polar surface area (TPSA) is 63.3 Å². The van der Waals surface area contributed by atoms with Gasteiger partial charge in [0.1, 0.15) is 0 Å². The second kappa shape index (κ2) is 10.3. The van der Waals surface area contributed by atoms with Crippen molar-refractivity contribution in [2.45, 2.75) is 0 Å². The maximum atomic E-state index is 10.1. The van der Waals surface area contributed by atoms with Gasteiger partial charge >= 0.3 is 5.97 Å². The summed E-state index contributed by atoms with van der Waals surface area (Å²) < 4.78 is 0. The lowest BCUT2D eigenvalue weighted by molar-refractivity contribution is -0.131. The van der Waals surface area contributed by atoms with E-state index in [1.807, 2.05) is 36.6 Å². The zero-order valence-corrected chi connectivity index (χ0v) is 10.1. The molecule has 0 saturated heterocycles. The minimum Gasteiger partial charge on any atom is -0.478 e. The molecule has 0 bridgehead atoms. The minimum atomic E-state index is -0.922. The number of thioether (sulfide) groups is 1. The number of carboxylic acids is 1. The van der Waals surface area contributed by atoms with Crippen molar-refractivity contribution in [3.8, 4) is 0 Å². The average molecular weight is 239 g/mol. The van der Waals surface area contributed by atoms with Gasteiger partial charge in [-0.15, -0.1) is 0 Å². The van der Waals surface area contributed by atoms with Crippen molar-refractivity contribution in [2.75, 3.05) is 18.6 Å². The lowest BCUT2D eigenvalue weighted by Gasteiger charge is -1.87. The highest BCUT2D eigenvalue weighted by Gasteiger charge is 1.85. The Hall–Kier alpha value is -1.26. The number of nitrogens with two attached hydrogens (primary N) is 1. The fourth-order valence-electron chi connectivity index (χ4n) is 0.850. The smallest absolute Gasteiger partial charge is 0.328 e. The van der Waals surface area contributed by atoms with E-state index in [0.29, 0.717) is 0 Å². The number of hydrogen-bond donors (Lipinski definition) is 2. The van der Waals surface area contributed by atoms with Crippen molar-refractivity contribution < 1.29 is 9.90 Å². The van der Waals surface area contributed by atoms with Crippen LogP contribution in [0.25, 0.3) is 6.08 Å².